The smallest absolute Gasteiger partial charge is 0.318 e. The fraction of sp³-hybridized carbons (Fsp3) is 0.333. The Morgan fingerprint density at radius 1 is 1.50 bits per heavy atom. The summed E-state index contributed by atoms with van der Waals surface area (Å²) in [4.78, 5) is 24.9. The Balaban J connectivity index is 2.72. The van der Waals surface area contributed by atoms with Gasteiger partial charge in [0.05, 0.1) is 5.69 Å². The topological polar surface area (TPSA) is 82.2 Å². The third-order valence-electron chi connectivity index (χ3n) is 1.96. The van der Waals surface area contributed by atoms with Gasteiger partial charge in [-0.25, -0.2) is 0 Å². The molecule has 1 aromatic rings. The third-order valence-corrected chi connectivity index (χ3v) is 1.96. The Morgan fingerprint density at radius 3 is 2.57 bits per heavy atom. The molecule has 0 fully saturated rings. The molecular weight excluding hydrogens is 184 g/mol. The van der Waals surface area contributed by atoms with Gasteiger partial charge in [0.15, 0.2) is 0 Å². The number of carbonyl (C=O) groups is 2. The lowest BCUT2D eigenvalue weighted by molar-refractivity contribution is -0.151. The summed E-state index contributed by atoms with van der Waals surface area (Å²) in [6.45, 7) is 2.72. The highest BCUT2D eigenvalue weighted by Gasteiger charge is 2.35. The summed E-state index contributed by atoms with van der Waals surface area (Å²) in [5, 5.41) is 11.3. The summed E-state index contributed by atoms with van der Waals surface area (Å²) in [6.07, 6.45) is 3.22. The summed E-state index contributed by atoms with van der Waals surface area (Å²) >= 11 is 0. The van der Waals surface area contributed by atoms with E-state index in [-0.39, 0.29) is 0 Å². The number of anilines is 1. The van der Waals surface area contributed by atoms with Crippen LogP contribution in [0.2, 0.25) is 0 Å². The van der Waals surface area contributed by atoms with Gasteiger partial charge in [0.25, 0.3) is 0 Å². The van der Waals surface area contributed by atoms with Crippen LogP contribution < -0.4 is 5.32 Å². The molecule has 1 amide bonds. The lowest BCUT2D eigenvalue weighted by Gasteiger charge is -2.17. The van der Waals surface area contributed by atoms with Crippen molar-refractivity contribution < 1.29 is 14.7 Å². The number of amides is 1. The quantitative estimate of drug-likeness (QED) is 0.632. The van der Waals surface area contributed by atoms with Gasteiger partial charge in [-0.05, 0) is 19.9 Å². The number of carboxylic acids is 1. The van der Waals surface area contributed by atoms with Gasteiger partial charge in [-0.1, -0.05) is 0 Å². The first-order chi connectivity index (χ1) is 6.44. The molecular formula is C9H12N2O3. The summed E-state index contributed by atoms with van der Waals surface area (Å²) < 4.78 is 0. The Labute approximate surface area is 81.1 Å². The van der Waals surface area contributed by atoms with E-state index in [1.54, 1.807) is 18.5 Å². The van der Waals surface area contributed by atoms with Crippen molar-refractivity contribution in [3.63, 3.8) is 0 Å². The fourth-order valence-corrected chi connectivity index (χ4v) is 0.786. The van der Waals surface area contributed by atoms with Crippen LogP contribution in [0.25, 0.3) is 0 Å². The van der Waals surface area contributed by atoms with E-state index in [0.29, 0.717) is 5.69 Å². The molecule has 0 radical (unpaired) electrons. The number of aliphatic carboxylic acids is 1. The van der Waals surface area contributed by atoms with Crippen molar-refractivity contribution in [2.45, 2.75) is 13.8 Å². The van der Waals surface area contributed by atoms with E-state index in [1.165, 1.54) is 13.8 Å². The molecule has 1 heterocycles. The number of hydrogen-bond acceptors (Lipinski definition) is 2. The van der Waals surface area contributed by atoms with Crippen LogP contribution in [-0.4, -0.2) is 22.0 Å². The van der Waals surface area contributed by atoms with Crippen LogP contribution in [0.4, 0.5) is 5.69 Å². The molecule has 3 N–H and O–H groups in total. The van der Waals surface area contributed by atoms with Crippen LogP contribution in [0.1, 0.15) is 13.8 Å². The third kappa shape index (κ3) is 1.93. The summed E-state index contributed by atoms with van der Waals surface area (Å²) in [7, 11) is 0. The van der Waals surface area contributed by atoms with Crippen molar-refractivity contribution in [2.24, 2.45) is 5.41 Å². The van der Waals surface area contributed by atoms with Gasteiger partial charge in [0.1, 0.15) is 5.41 Å². The SMILES string of the molecule is CC(C)(C(=O)O)C(=O)Nc1cc[nH]c1. The molecule has 0 aliphatic carbocycles. The molecule has 0 saturated carbocycles. The Morgan fingerprint density at radius 2 is 2.14 bits per heavy atom. The van der Waals surface area contributed by atoms with E-state index in [4.69, 9.17) is 5.11 Å². The van der Waals surface area contributed by atoms with Crippen molar-refractivity contribution >= 4 is 17.6 Å². The second kappa shape index (κ2) is 3.53. The Kier molecular flexibility index (Phi) is 2.60. The average Bonchev–Trinajstić information content (AvgIpc) is 2.56. The van der Waals surface area contributed by atoms with Crippen LogP contribution in [0.5, 0.6) is 0 Å². The molecule has 0 atom stereocenters. The summed E-state index contributed by atoms with van der Waals surface area (Å²) in [5.74, 6) is -1.69. The molecule has 1 rings (SSSR count). The zero-order valence-electron chi connectivity index (χ0n) is 8.00. The van der Waals surface area contributed by atoms with Crippen molar-refractivity contribution in [2.75, 3.05) is 5.32 Å². The second-order valence-corrected chi connectivity index (χ2v) is 3.48. The van der Waals surface area contributed by atoms with E-state index in [9.17, 15) is 9.59 Å². The first kappa shape index (κ1) is 10.3. The number of nitrogens with one attached hydrogen (secondary N) is 2. The van der Waals surface area contributed by atoms with Gasteiger partial charge in [-0.3, -0.25) is 9.59 Å². The maximum Gasteiger partial charge on any atom is 0.318 e. The van der Waals surface area contributed by atoms with Crippen LogP contribution in [-0.2, 0) is 9.59 Å². The minimum atomic E-state index is -1.42. The molecule has 0 spiro atoms. The number of carboxylic acid groups (broad SMARTS) is 1. The minimum Gasteiger partial charge on any atom is -0.480 e. The number of aromatic nitrogens is 1. The molecule has 0 saturated heterocycles. The molecule has 5 heteroatoms. The fourth-order valence-electron chi connectivity index (χ4n) is 0.786. The van der Waals surface area contributed by atoms with E-state index >= 15 is 0 Å². The number of hydrogen-bond donors (Lipinski definition) is 3. The zero-order chi connectivity index (χ0) is 10.8. The van der Waals surface area contributed by atoms with Crippen LogP contribution in [0.15, 0.2) is 18.5 Å². The lowest BCUT2D eigenvalue weighted by Crippen LogP contribution is -2.37. The summed E-state index contributed by atoms with van der Waals surface area (Å²) in [5.41, 5.74) is -0.860. The van der Waals surface area contributed by atoms with Crippen LogP contribution in [0.3, 0.4) is 0 Å². The molecule has 0 aromatic carbocycles. The van der Waals surface area contributed by atoms with Gasteiger partial charge in [-0.2, -0.15) is 0 Å². The van der Waals surface area contributed by atoms with E-state index < -0.39 is 17.3 Å². The van der Waals surface area contributed by atoms with Crippen LogP contribution >= 0.6 is 0 Å². The molecule has 0 unspecified atom stereocenters. The zero-order valence-corrected chi connectivity index (χ0v) is 8.00. The second-order valence-electron chi connectivity index (χ2n) is 3.48. The first-order valence-electron chi connectivity index (χ1n) is 4.12. The molecule has 0 aliphatic rings. The van der Waals surface area contributed by atoms with Crippen molar-refractivity contribution in [3.8, 4) is 0 Å². The molecule has 5 nitrogen and oxygen atoms in total. The monoisotopic (exact) mass is 196 g/mol. The van der Waals surface area contributed by atoms with Gasteiger partial charge in [0, 0.05) is 12.4 Å². The molecule has 1 aromatic heterocycles. The Bertz CT molecular complexity index is 341. The number of aromatic amines is 1. The van der Waals surface area contributed by atoms with Gasteiger partial charge in [-0.15, -0.1) is 0 Å². The predicted molar refractivity (Wildman–Crippen MR) is 50.8 cm³/mol. The number of H-pyrrole nitrogens is 1. The molecule has 0 bridgehead atoms. The maximum atomic E-state index is 11.5. The van der Waals surface area contributed by atoms with E-state index in [2.05, 4.69) is 10.3 Å². The highest BCUT2D eigenvalue weighted by atomic mass is 16.4. The number of rotatable bonds is 3. The normalized spacial score (nSPS) is 11.0. The average molecular weight is 196 g/mol. The standard InChI is InChI=1S/C9H12N2O3/c1-9(2,8(13)14)7(12)11-6-3-4-10-5-6/h3-5,10H,1-2H3,(H,11,12)(H,13,14). The maximum absolute atomic E-state index is 11.5. The Hall–Kier alpha value is -1.78. The van der Waals surface area contributed by atoms with Crippen molar-refractivity contribution in [1.29, 1.82) is 0 Å². The van der Waals surface area contributed by atoms with Crippen molar-refractivity contribution in [3.05, 3.63) is 18.5 Å². The van der Waals surface area contributed by atoms with Crippen molar-refractivity contribution in [1.82, 2.24) is 4.98 Å². The molecule has 0 aliphatic heterocycles. The van der Waals surface area contributed by atoms with E-state index in [0.717, 1.165) is 0 Å². The predicted octanol–water partition coefficient (Wildman–Crippen LogP) is 1.06. The molecule has 14 heavy (non-hydrogen) atoms. The van der Waals surface area contributed by atoms with Gasteiger partial charge in [0.2, 0.25) is 5.91 Å². The highest BCUT2D eigenvalue weighted by Crippen LogP contribution is 2.18. The van der Waals surface area contributed by atoms with E-state index in [1.807, 2.05) is 0 Å². The summed E-state index contributed by atoms with van der Waals surface area (Å²) in [6, 6.07) is 1.65. The largest absolute Gasteiger partial charge is 0.480 e. The highest BCUT2D eigenvalue weighted by molar-refractivity contribution is 6.07. The lowest BCUT2D eigenvalue weighted by atomic mass is 9.93. The minimum absolute atomic E-state index is 0.537. The van der Waals surface area contributed by atoms with Gasteiger partial charge >= 0.3 is 5.97 Å². The first-order valence-corrected chi connectivity index (χ1v) is 4.12. The molecule has 76 valence electrons. The van der Waals surface area contributed by atoms with Gasteiger partial charge < -0.3 is 15.4 Å². The van der Waals surface area contributed by atoms with Crippen LogP contribution in [0, 0.1) is 5.41 Å². The number of carbonyl (C=O) groups excluding carboxylic acids is 1.